The van der Waals surface area contributed by atoms with E-state index in [0.717, 1.165) is 0 Å². The second-order valence-corrected chi connectivity index (χ2v) is 3.04. The van der Waals surface area contributed by atoms with Crippen molar-refractivity contribution in [1.29, 1.82) is 0 Å². The van der Waals surface area contributed by atoms with Crippen molar-refractivity contribution in [2.24, 2.45) is 0 Å². The van der Waals surface area contributed by atoms with Crippen LogP contribution >= 0.6 is 0 Å². The number of carbonyl (C=O) groups is 1. The number of halogens is 1. The molecule has 0 aromatic carbocycles. The highest BCUT2D eigenvalue weighted by Crippen LogP contribution is 1.95. The van der Waals surface area contributed by atoms with Crippen LogP contribution in [0.1, 0.15) is 12.8 Å². The number of aldehydes is 1. The molecular formula is C4H7FO3S. The van der Waals surface area contributed by atoms with Crippen LogP contribution in [0.4, 0.5) is 3.89 Å². The lowest BCUT2D eigenvalue weighted by Gasteiger charge is -1.87. The van der Waals surface area contributed by atoms with E-state index in [0.29, 0.717) is 6.29 Å². The highest BCUT2D eigenvalue weighted by Gasteiger charge is 2.04. The van der Waals surface area contributed by atoms with Crippen molar-refractivity contribution in [3.05, 3.63) is 0 Å². The van der Waals surface area contributed by atoms with Gasteiger partial charge in [0.2, 0.25) is 0 Å². The van der Waals surface area contributed by atoms with Gasteiger partial charge in [0.05, 0.1) is 5.75 Å². The third-order valence-electron chi connectivity index (χ3n) is 0.710. The Labute approximate surface area is 53.1 Å². The van der Waals surface area contributed by atoms with Crippen molar-refractivity contribution in [1.82, 2.24) is 0 Å². The molecule has 0 rings (SSSR count). The molecule has 0 heterocycles. The van der Waals surface area contributed by atoms with Gasteiger partial charge >= 0.3 is 10.2 Å². The molecule has 0 bridgehead atoms. The van der Waals surface area contributed by atoms with Crippen LogP contribution in [0.3, 0.4) is 0 Å². The molecule has 54 valence electrons. The van der Waals surface area contributed by atoms with Gasteiger partial charge in [-0.25, -0.2) is 0 Å². The van der Waals surface area contributed by atoms with Gasteiger partial charge in [-0.2, -0.15) is 8.42 Å². The zero-order valence-electron chi connectivity index (χ0n) is 4.71. The van der Waals surface area contributed by atoms with Gasteiger partial charge < -0.3 is 4.79 Å². The average molecular weight is 154 g/mol. The number of hydrogen-bond donors (Lipinski definition) is 0. The third kappa shape index (κ3) is 7.55. The molecule has 0 aromatic rings. The SMILES string of the molecule is O=CCCCS(=O)(=O)F. The predicted octanol–water partition coefficient (Wildman–Crippen LogP) is 0.265. The van der Waals surface area contributed by atoms with Crippen molar-refractivity contribution < 1.29 is 17.1 Å². The van der Waals surface area contributed by atoms with E-state index in [1.54, 1.807) is 0 Å². The molecule has 0 aliphatic rings. The number of hydrogen-bond acceptors (Lipinski definition) is 3. The molecule has 5 heteroatoms. The maximum Gasteiger partial charge on any atom is 0.302 e. The van der Waals surface area contributed by atoms with E-state index in [9.17, 15) is 17.1 Å². The van der Waals surface area contributed by atoms with Gasteiger partial charge in [0.25, 0.3) is 0 Å². The molecule has 9 heavy (non-hydrogen) atoms. The van der Waals surface area contributed by atoms with Gasteiger partial charge in [0.15, 0.2) is 0 Å². The summed E-state index contributed by atoms with van der Waals surface area (Å²) in [5.41, 5.74) is 0. The minimum absolute atomic E-state index is 0.0718. The van der Waals surface area contributed by atoms with E-state index in [4.69, 9.17) is 0 Å². The average Bonchev–Trinajstić information content (AvgIpc) is 1.63. The Hall–Kier alpha value is -0.450. The lowest BCUT2D eigenvalue weighted by molar-refractivity contribution is -0.107. The highest BCUT2D eigenvalue weighted by molar-refractivity contribution is 7.86. The maximum absolute atomic E-state index is 11.6. The summed E-state index contributed by atoms with van der Waals surface area (Å²) in [4.78, 5) is 9.57. The molecule has 0 amide bonds. The van der Waals surface area contributed by atoms with Crippen LogP contribution in [0.25, 0.3) is 0 Å². The first-order chi connectivity index (χ1) is 4.06. The Kier molecular flexibility index (Phi) is 3.37. The van der Waals surface area contributed by atoms with Crippen LogP contribution in [0, 0.1) is 0 Å². The van der Waals surface area contributed by atoms with Crippen LogP contribution in [0.15, 0.2) is 0 Å². The van der Waals surface area contributed by atoms with Crippen molar-refractivity contribution >= 4 is 16.5 Å². The Bertz CT molecular complexity index is 172. The summed E-state index contributed by atoms with van der Waals surface area (Å²) >= 11 is 0. The fourth-order valence-corrected chi connectivity index (χ4v) is 0.851. The van der Waals surface area contributed by atoms with Gasteiger partial charge in [-0.05, 0) is 6.42 Å². The molecule has 0 saturated heterocycles. The molecule has 0 fully saturated rings. The number of carbonyl (C=O) groups excluding carboxylic acids is 1. The van der Waals surface area contributed by atoms with Gasteiger partial charge in [-0.3, -0.25) is 0 Å². The normalized spacial score (nSPS) is 11.2. The second kappa shape index (κ2) is 3.55. The largest absolute Gasteiger partial charge is 0.303 e. The predicted molar refractivity (Wildman–Crippen MR) is 30.2 cm³/mol. The summed E-state index contributed by atoms with van der Waals surface area (Å²) in [7, 11) is -4.36. The zero-order valence-corrected chi connectivity index (χ0v) is 5.53. The Balaban J connectivity index is 3.40. The molecule has 0 atom stereocenters. The minimum atomic E-state index is -4.36. The van der Waals surface area contributed by atoms with E-state index in [-0.39, 0.29) is 12.8 Å². The molecule has 0 aromatic heterocycles. The second-order valence-electron chi connectivity index (χ2n) is 1.55. The van der Waals surface area contributed by atoms with Crippen LogP contribution in [0.2, 0.25) is 0 Å². The van der Waals surface area contributed by atoms with Gasteiger partial charge in [-0.15, -0.1) is 3.89 Å². The van der Waals surface area contributed by atoms with Gasteiger partial charge in [-0.1, -0.05) is 0 Å². The molecule has 3 nitrogen and oxygen atoms in total. The molecule has 0 unspecified atom stereocenters. The van der Waals surface area contributed by atoms with Crippen LogP contribution in [-0.2, 0) is 15.0 Å². The summed E-state index contributed by atoms with van der Waals surface area (Å²) in [6.45, 7) is 0. The summed E-state index contributed by atoms with van der Waals surface area (Å²) in [6.07, 6.45) is 0.733. The maximum atomic E-state index is 11.6. The fraction of sp³-hybridized carbons (Fsp3) is 0.750. The van der Waals surface area contributed by atoms with Crippen molar-refractivity contribution in [2.45, 2.75) is 12.8 Å². The highest BCUT2D eigenvalue weighted by atomic mass is 32.3. The van der Waals surface area contributed by atoms with E-state index < -0.39 is 16.0 Å². The van der Waals surface area contributed by atoms with E-state index in [2.05, 4.69) is 0 Å². The van der Waals surface area contributed by atoms with Crippen LogP contribution in [0.5, 0.6) is 0 Å². The number of rotatable bonds is 4. The molecule has 0 aliphatic carbocycles. The Morgan fingerprint density at radius 2 is 2.00 bits per heavy atom. The summed E-state index contributed by atoms with van der Waals surface area (Å²) in [5.74, 6) is -0.550. The third-order valence-corrected chi connectivity index (χ3v) is 1.49. The molecule has 0 aliphatic heterocycles. The summed E-state index contributed by atoms with van der Waals surface area (Å²) in [5, 5.41) is 0. The fourth-order valence-electron chi connectivity index (χ4n) is 0.339. The van der Waals surface area contributed by atoms with Gasteiger partial charge in [0, 0.05) is 6.42 Å². The standard InChI is InChI=1S/C4H7FO3S/c5-9(7,8)4-2-1-3-6/h3H,1-2,4H2. The van der Waals surface area contributed by atoms with Crippen molar-refractivity contribution in [2.75, 3.05) is 5.75 Å². The molecule has 0 saturated carbocycles. The number of unbranched alkanes of at least 4 members (excludes halogenated alkanes) is 1. The topological polar surface area (TPSA) is 51.2 Å². The molecule has 0 spiro atoms. The molecule has 0 N–H and O–H groups in total. The van der Waals surface area contributed by atoms with E-state index in [1.165, 1.54) is 0 Å². The lowest BCUT2D eigenvalue weighted by Crippen LogP contribution is -1.97. The molecular weight excluding hydrogens is 147 g/mol. The van der Waals surface area contributed by atoms with Crippen molar-refractivity contribution in [3.63, 3.8) is 0 Å². The minimum Gasteiger partial charge on any atom is -0.303 e. The van der Waals surface area contributed by atoms with Crippen LogP contribution in [-0.4, -0.2) is 20.5 Å². The quantitative estimate of drug-likeness (QED) is 0.331. The Morgan fingerprint density at radius 1 is 1.44 bits per heavy atom. The van der Waals surface area contributed by atoms with Crippen LogP contribution < -0.4 is 0 Å². The van der Waals surface area contributed by atoms with E-state index >= 15 is 0 Å². The monoisotopic (exact) mass is 154 g/mol. The first kappa shape index (κ1) is 8.55. The first-order valence-corrected chi connectivity index (χ1v) is 3.97. The summed E-state index contributed by atoms with van der Waals surface area (Å²) in [6, 6.07) is 0. The lowest BCUT2D eigenvalue weighted by atomic mass is 10.4. The zero-order chi connectivity index (χ0) is 7.33. The van der Waals surface area contributed by atoms with E-state index in [1.807, 2.05) is 0 Å². The Morgan fingerprint density at radius 3 is 2.33 bits per heavy atom. The smallest absolute Gasteiger partial charge is 0.302 e. The van der Waals surface area contributed by atoms with Crippen molar-refractivity contribution in [3.8, 4) is 0 Å². The molecule has 0 radical (unpaired) electrons. The van der Waals surface area contributed by atoms with Gasteiger partial charge in [0.1, 0.15) is 6.29 Å². The first-order valence-electron chi connectivity index (χ1n) is 2.42. The summed E-state index contributed by atoms with van der Waals surface area (Å²) < 4.78 is 31.0.